The van der Waals surface area contributed by atoms with Crippen molar-refractivity contribution >= 4 is 17.6 Å². The molecule has 0 amide bonds. The van der Waals surface area contributed by atoms with Gasteiger partial charge in [0.1, 0.15) is 18.1 Å². The van der Waals surface area contributed by atoms with Gasteiger partial charge in [0, 0.05) is 5.56 Å². The predicted molar refractivity (Wildman–Crippen MR) is 69.3 cm³/mol. The molecule has 0 aliphatic carbocycles. The van der Waals surface area contributed by atoms with E-state index in [0.717, 1.165) is 5.56 Å². The van der Waals surface area contributed by atoms with E-state index in [9.17, 15) is 15.0 Å². The summed E-state index contributed by atoms with van der Waals surface area (Å²) in [6.07, 6.45) is 0. The molecule has 1 aliphatic heterocycles. The molecule has 19 heavy (non-hydrogen) atoms. The number of esters is 1. The quantitative estimate of drug-likeness (QED) is 0.726. The molecule has 96 valence electrons. The van der Waals surface area contributed by atoms with Crippen LogP contribution in [0.1, 0.15) is 15.9 Å². The average molecular weight is 277 g/mol. The Balaban J connectivity index is 2.33. The molecule has 3 rings (SSSR count). The third-order valence-electron chi connectivity index (χ3n) is 3.04. The minimum atomic E-state index is -0.530. The maximum Gasteiger partial charge on any atom is 0.339 e. The molecule has 5 heteroatoms. The number of phenolic OH excluding ortho intramolecular Hbond substituents is 2. The summed E-state index contributed by atoms with van der Waals surface area (Å²) in [4.78, 5) is 11.9. The summed E-state index contributed by atoms with van der Waals surface area (Å²) in [5, 5.41) is 19.2. The van der Waals surface area contributed by atoms with E-state index in [2.05, 4.69) is 0 Å². The van der Waals surface area contributed by atoms with E-state index in [0.29, 0.717) is 11.1 Å². The summed E-state index contributed by atoms with van der Waals surface area (Å²) >= 11 is 5.89. The zero-order chi connectivity index (χ0) is 13.6. The molecule has 0 unspecified atom stereocenters. The number of carbonyl (C=O) groups excluding carboxylic acids is 1. The molecule has 1 heterocycles. The van der Waals surface area contributed by atoms with Gasteiger partial charge in [-0.25, -0.2) is 4.79 Å². The number of rotatable bonds is 0. The van der Waals surface area contributed by atoms with E-state index in [1.165, 1.54) is 18.2 Å². The number of phenols is 2. The van der Waals surface area contributed by atoms with Crippen LogP contribution in [0.25, 0.3) is 11.1 Å². The lowest BCUT2D eigenvalue weighted by atomic mass is 9.96. The number of fused-ring (bicyclic) bond motifs is 3. The van der Waals surface area contributed by atoms with Gasteiger partial charge >= 0.3 is 5.97 Å². The van der Waals surface area contributed by atoms with Gasteiger partial charge in [-0.15, -0.1) is 0 Å². The van der Waals surface area contributed by atoms with Crippen molar-refractivity contribution in [1.82, 2.24) is 0 Å². The Bertz CT molecular complexity index is 694. The second-order valence-electron chi connectivity index (χ2n) is 4.27. The van der Waals surface area contributed by atoms with Crippen LogP contribution in [-0.2, 0) is 11.3 Å². The third kappa shape index (κ3) is 1.90. The maximum absolute atomic E-state index is 11.9. The fourth-order valence-electron chi connectivity index (χ4n) is 2.14. The molecule has 0 fully saturated rings. The predicted octanol–water partition coefficient (Wildman–Crippen LogP) is 3.09. The average Bonchev–Trinajstić information content (AvgIpc) is 2.50. The Morgan fingerprint density at radius 2 is 1.84 bits per heavy atom. The first-order valence-electron chi connectivity index (χ1n) is 5.58. The fourth-order valence-corrected chi connectivity index (χ4v) is 2.30. The van der Waals surface area contributed by atoms with E-state index < -0.39 is 5.97 Å². The number of hydrogen-bond donors (Lipinski definition) is 2. The lowest BCUT2D eigenvalue weighted by molar-refractivity contribution is 0.0478. The minimum absolute atomic E-state index is 0.0651. The summed E-state index contributed by atoms with van der Waals surface area (Å²) in [5.74, 6) is -0.597. The van der Waals surface area contributed by atoms with Crippen LogP contribution in [0.2, 0.25) is 5.02 Å². The molecule has 2 aromatic carbocycles. The van der Waals surface area contributed by atoms with E-state index in [4.69, 9.17) is 16.3 Å². The lowest BCUT2D eigenvalue weighted by Gasteiger charge is -2.08. The molecule has 0 atom stereocenters. The fraction of sp³-hybridized carbons (Fsp3) is 0.0714. The summed E-state index contributed by atoms with van der Waals surface area (Å²) in [6.45, 7) is 0.0651. The third-order valence-corrected chi connectivity index (χ3v) is 3.35. The Labute approximate surface area is 113 Å². The van der Waals surface area contributed by atoms with E-state index in [-0.39, 0.29) is 28.7 Å². The van der Waals surface area contributed by atoms with Crippen molar-refractivity contribution in [2.24, 2.45) is 0 Å². The number of carbonyl (C=O) groups is 1. The van der Waals surface area contributed by atoms with Crippen molar-refractivity contribution in [2.45, 2.75) is 6.61 Å². The summed E-state index contributed by atoms with van der Waals surface area (Å²) < 4.78 is 5.10. The highest BCUT2D eigenvalue weighted by Crippen LogP contribution is 2.38. The van der Waals surface area contributed by atoms with Gasteiger partial charge in [0.15, 0.2) is 0 Å². The highest BCUT2D eigenvalue weighted by molar-refractivity contribution is 6.32. The lowest BCUT2D eigenvalue weighted by Crippen LogP contribution is -2.03. The number of halogens is 1. The highest BCUT2D eigenvalue weighted by Gasteiger charge is 2.23. The first-order valence-corrected chi connectivity index (χ1v) is 5.96. The van der Waals surface area contributed by atoms with Crippen LogP contribution in [0.15, 0.2) is 30.3 Å². The molecule has 1 aliphatic rings. The van der Waals surface area contributed by atoms with Crippen LogP contribution < -0.4 is 0 Å². The van der Waals surface area contributed by atoms with Crippen molar-refractivity contribution in [1.29, 1.82) is 0 Å². The monoisotopic (exact) mass is 276 g/mol. The van der Waals surface area contributed by atoms with E-state index in [1.807, 2.05) is 0 Å². The van der Waals surface area contributed by atoms with Gasteiger partial charge in [-0.3, -0.25) is 0 Å². The first kappa shape index (κ1) is 11.9. The summed E-state index contributed by atoms with van der Waals surface area (Å²) in [5.41, 5.74) is 2.28. The van der Waals surface area contributed by atoms with Gasteiger partial charge in [-0.1, -0.05) is 17.7 Å². The molecular formula is C14H9ClO4. The van der Waals surface area contributed by atoms with Crippen molar-refractivity contribution < 1.29 is 19.7 Å². The van der Waals surface area contributed by atoms with Crippen LogP contribution in [0.3, 0.4) is 0 Å². The summed E-state index contributed by atoms with van der Waals surface area (Å²) in [7, 11) is 0. The van der Waals surface area contributed by atoms with Gasteiger partial charge < -0.3 is 14.9 Å². The number of benzene rings is 2. The number of ether oxygens (including phenoxy) is 1. The molecule has 0 bridgehead atoms. The van der Waals surface area contributed by atoms with Crippen molar-refractivity contribution in [3.8, 4) is 22.6 Å². The minimum Gasteiger partial charge on any atom is -0.508 e. The van der Waals surface area contributed by atoms with Gasteiger partial charge in [0.2, 0.25) is 0 Å². The number of cyclic esters (lactones) is 1. The Hall–Kier alpha value is -2.20. The molecule has 4 nitrogen and oxygen atoms in total. The number of aromatic hydroxyl groups is 2. The topological polar surface area (TPSA) is 66.8 Å². The molecule has 0 saturated carbocycles. The Morgan fingerprint density at radius 1 is 1.05 bits per heavy atom. The van der Waals surface area contributed by atoms with E-state index >= 15 is 0 Å². The largest absolute Gasteiger partial charge is 0.508 e. The smallest absolute Gasteiger partial charge is 0.339 e. The maximum atomic E-state index is 11.9. The van der Waals surface area contributed by atoms with Gasteiger partial charge in [0.05, 0.1) is 10.6 Å². The van der Waals surface area contributed by atoms with Crippen molar-refractivity contribution in [3.05, 3.63) is 46.5 Å². The van der Waals surface area contributed by atoms with E-state index in [1.54, 1.807) is 12.1 Å². The first-order chi connectivity index (χ1) is 9.06. The molecule has 2 aromatic rings. The second-order valence-corrected chi connectivity index (χ2v) is 4.67. The Morgan fingerprint density at radius 3 is 2.63 bits per heavy atom. The highest BCUT2D eigenvalue weighted by atomic mass is 35.5. The Kier molecular flexibility index (Phi) is 2.61. The normalized spacial score (nSPS) is 13.2. The van der Waals surface area contributed by atoms with Gasteiger partial charge in [-0.05, 0) is 35.4 Å². The molecule has 0 aromatic heterocycles. The molecule has 0 spiro atoms. The molecule has 0 saturated heterocycles. The van der Waals surface area contributed by atoms with Crippen molar-refractivity contribution in [3.63, 3.8) is 0 Å². The van der Waals surface area contributed by atoms with Gasteiger partial charge in [-0.2, -0.15) is 0 Å². The van der Waals surface area contributed by atoms with Gasteiger partial charge in [0.25, 0.3) is 0 Å². The van der Waals surface area contributed by atoms with Crippen LogP contribution in [0, 0.1) is 0 Å². The summed E-state index contributed by atoms with van der Waals surface area (Å²) in [6, 6.07) is 7.58. The zero-order valence-electron chi connectivity index (χ0n) is 9.68. The van der Waals surface area contributed by atoms with Crippen LogP contribution in [0.5, 0.6) is 11.5 Å². The standard InChI is InChI=1S/C14H9ClO4/c15-12-4-10-9-2-1-8(16)3-7(9)6-19-14(18)11(10)5-13(12)17/h1-5,16-17H,6H2. The molecule has 0 radical (unpaired) electrons. The molecule has 2 N–H and O–H groups in total. The number of hydrogen-bond acceptors (Lipinski definition) is 4. The van der Waals surface area contributed by atoms with Crippen LogP contribution in [-0.4, -0.2) is 16.2 Å². The SMILES string of the molecule is O=C1OCc2cc(O)ccc2-c2cc(Cl)c(O)cc21. The zero-order valence-corrected chi connectivity index (χ0v) is 10.4. The van der Waals surface area contributed by atoms with Crippen LogP contribution in [0.4, 0.5) is 0 Å². The second kappa shape index (κ2) is 4.17. The van der Waals surface area contributed by atoms with Crippen molar-refractivity contribution in [2.75, 3.05) is 0 Å². The van der Waals surface area contributed by atoms with Crippen LogP contribution >= 0.6 is 11.6 Å². The molecular weight excluding hydrogens is 268 g/mol.